The average Bonchev–Trinajstić information content (AvgIpc) is 3.35. The number of ether oxygens (including phenoxy) is 1. The number of rotatable bonds is 7. The lowest BCUT2D eigenvalue weighted by atomic mass is 9.87. The summed E-state index contributed by atoms with van der Waals surface area (Å²) < 4.78 is 21.4. The monoisotopic (exact) mass is 527 g/mol. The number of anilines is 1. The van der Waals surface area contributed by atoms with Crippen molar-refractivity contribution >= 4 is 11.3 Å². The van der Waals surface area contributed by atoms with Crippen LogP contribution in [0.25, 0.3) is 16.6 Å². The molecule has 3 fully saturated rings. The van der Waals surface area contributed by atoms with E-state index >= 15 is 0 Å². The zero-order valence-corrected chi connectivity index (χ0v) is 22.2. The van der Waals surface area contributed by atoms with E-state index < -0.39 is 5.60 Å². The molecule has 3 aliphatic rings. The Morgan fingerprint density at radius 2 is 1.95 bits per heavy atom. The molecule has 2 bridgehead atoms. The summed E-state index contributed by atoms with van der Waals surface area (Å²) >= 11 is 0. The summed E-state index contributed by atoms with van der Waals surface area (Å²) in [5.74, 6) is 1.18. The van der Waals surface area contributed by atoms with Crippen LogP contribution in [0.3, 0.4) is 0 Å². The summed E-state index contributed by atoms with van der Waals surface area (Å²) in [5.41, 5.74) is 3.10. The number of halogens is 1. The molecule has 7 heterocycles. The third-order valence-corrected chi connectivity index (χ3v) is 7.47. The number of nitrogens with zero attached hydrogens (tertiary/aromatic N) is 7. The fourth-order valence-corrected chi connectivity index (χ4v) is 5.45. The van der Waals surface area contributed by atoms with E-state index in [9.17, 15) is 14.8 Å². The fraction of sp³-hybridized carbons (Fsp3) is 0.379. The Balaban J connectivity index is 1.20. The predicted octanol–water partition coefficient (Wildman–Crippen LogP) is 3.72. The Hall–Kier alpha value is -4.07. The minimum Gasteiger partial charge on any atom is -0.489 e. The number of piperidine rings is 1. The summed E-state index contributed by atoms with van der Waals surface area (Å²) in [6, 6.07) is 10.5. The van der Waals surface area contributed by atoms with Crippen LogP contribution in [-0.4, -0.2) is 67.0 Å². The predicted molar refractivity (Wildman–Crippen MR) is 144 cm³/mol. The molecule has 10 heteroatoms. The van der Waals surface area contributed by atoms with Gasteiger partial charge in [-0.2, -0.15) is 10.4 Å². The van der Waals surface area contributed by atoms with Crippen LogP contribution in [0, 0.1) is 24.1 Å². The summed E-state index contributed by atoms with van der Waals surface area (Å²) in [4.78, 5) is 13.7. The number of nitriles is 1. The second-order valence-corrected chi connectivity index (χ2v) is 11.1. The van der Waals surface area contributed by atoms with Crippen molar-refractivity contribution < 1.29 is 14.2 Å². The van der Waals surface area contributed by atoms with E-state index in [1.807, 2.05) is 24.4 Å². The average molecular weight is 528 g/mol. The van der Waals surface area contributed by atoms with E-state index in [4.69, 9.17) is 9.72 Å². The van der Waals surface area contributed by atoms with E-state index in [-0.39, 0.29) is 12.4 Å². The molecule has 0 aromatic carbocycles. The first-order valence-corrected chi connectivity index (χ1v) is 13.0. The van der Waals surface area contributed by atoms with Crippen LogP contribution in [0.15, 0.2) is 49.1 Å². The van der Waals surface area contributed by atoms with Gasteiger partial charge >= 0.3 is 0 Å². The summed E-state index contributed by atoms with van der Waals surface area (Å²) in [6.07, 6.45) is 7.96. The SMILES string of the molecule is Cc1ncc(CN2C3CC2CN(c2ccc(-c4cc(OCC(C)(C)O)cn5ncc(C#N)c45)cn2)C3)cc1F. The maximum absolute atomic E-state index is 14.0. The van der Waals surface area contributed by atoms with Crippen LogP contribution in [0.1, 0.15) is 37.1 Å². The molecule has 4 aromatic heterocycles. The van der Waals surface area contributed by atoms with Crippen molar-refractivity contribution in [2.45, 2.75) is 51.4 Å². The second-order valence-electron chi connectivity index (χ2n) is 11.1. The molecule has 0 saturated carbocycles. The number of aromatic nitrogens is 4. The molecule has 0 radical (unpaired) electrons. The summed E-state index contributed by atoms with van der Waals surface area (Å²) in [6.45, 7) is 7.57. The standard InChI is InChI=1S/C29H30FN7O2/c1-18-26(30)6-19(10-32-18)13-36-22-7-23(36)15-35(14-22)27-5-4-20(11-33-27)25-8-24(39-17-29(2,3)38)16-37-28(25)21(9-31)12-34-37/h4-6,8,10-12,16,22-23,38H,7,13-15,17H2,1-3H3. The molecule has 9 nitrogen and oxygen atoms in total. The highest BCUT2D eigenvalue weighted by Crippen LogP contribution is 2.36. The Kier molecular flexibility index (Phi) is 6.20. The maximum Gasteiger partial charge on any atom is 0.144 e. The molecule has 2 atom stereocenters. The molecule has 200 valence electrons. The number of pyridine rings is 3. The van der Waals surface area contributed by atoms with Crippen molar-refractivity contribution in [2.75, 3.05) is 24.6 Å². The normalized spacial score (nSPS) is 19.1. The van der Waals surface area contributed by atoms with Crippen molar-refractivity contribution in [1.29, 1.82) is 5.26 Å². The van der Waals surface area contributed by atoms with Gasteiger partial charge in [-0.1, -0.05) is 0 Å². The molecule has 0 amide bonds. The lowest BCUT2D eigenvalue weighted by Crippen LogP contribution is -2.68. The zero-order valence-electron chi connectivity index (χ0n) is 22.2. The first kappa shape index (κ1) is 25.2. The molecule has 3 aliphatic heterocycles. The quantitative estimate of drug-likeness (QED) is 0.388. The lowest BCUT2D eigenvalue weighted by Gasteiger charge is -2.56. The van der Waals surface area contributed by atoms with E-state index in [1.54, 1.807) is 43.7 Å². The van der Waals surface area contributed by atoms with Gasteiger partial charge in [-0.05, 0) is 57.0 Å². The number of hydrogen-bond donors (Lipinski definition) is 1. The number of aliphatic hydroxyl groups is 1. The van der Waals surface area contributed by atoms with Crippen LogP contribution in [-0.2, 0) is 6.54 Å². The molecule has 0 spiro atoms. The molecule has 0 aliphatic carbocycles. The third-order valence-electron chi connectivity index (χ3n) is 7.47. The van der Waals surface area contributed by atoms with Gasteiger partial charge in [0.05, 0.1) is 34.8 Å². The molecule has 4 aromatic rings. The van der Waals surface area contributed by atoms with E-state index in [1.165, 1.54) is 6.20 Å². The molecule has 3 saturated heterocycles. The van der Waals surface area contributed by atoms with Gasteiger partial charge in [0, 0.05) is 55.2 Å². The maximum atomic E-state index is 14.0. The molecular weight excluding hydrogens is 497 g/mol. The van der Waals surface area contributed by atoms with Gasteiger partial charge in [0.2, 0.25) is 0 Å². The van der Waals surface area contributed by atoms with Crippen LogP contribution >= 0.6 is 0 Å². The minimum atomic E-state index is -0.988. The summed E-state index contributed by atoms with van der Waals surface area (Å²) in [7, 11) is 0. The fourth-order valence-electron chi connectivity index (χ4n) is 5.45. The number of hydrogen-bond acceptors (Lipinski definition) is 8. The highest BCUT2D eigenvalue weighted by molar-refractivity contribution is 5.85. The van der Waals surface area contributed by atoms with Gasteiger partial charge in [0.1, 0.15) is 30.1 Å². The topological polar surface area (TPSA) is 103 Å². The first-order chi connectivity index (χ1) is 18.7. The van der Waals surface area contributed by atoms with Gasteiger partial charge < -0.3 is 14.7 Å². The number of fused-ring (bicyclic) bond motifs is 3. The van der Waals surface area contributed by atoms with E-state index in [0.29, 0.717) is 41.2 Å². The smallest absolute Gasteiger partial charge is 0.144 e. The highest BCUT2D eigenvalue weighted by atomic mass is 19.1. The lowest BCUT2D eigenvalue weighted by molar-refractivity contribution is -0.00882. The molecule has 2 unspecified atom stereocenters. The number of piperazine rings is 1. The first-order valence-electron chi connectivity index (χ1n) is 13.0. The van der Waals surface area contributed by atoms with Crippen molar-refractivity contribution in [3.05, 3.63) is 71.7 Å². The minimum absolute atomic E-state index is 0.116. The Morgan fingerprint density at radius 1 is 1.15 bits per heavy atom. The van der Waals surface area contributed by atoms with Crippen LogP contribution < -0.4 is 9.64 Å². The van der Waals surface area contributed by atoms with E-state index in [2.05, 4.69) is 26.0 Å². The van der Waals surface area contributed by atoms with Gasteiger partial charge in [0.15, 0.2) is 0 Å². The zero-order chi connectivity index (χ0) is 27.3. The molecule has 39 heavy (non-hydrogen) atoms. The second kappa shape index (κ2) is 9.59. The van der Waals surface area contributed by atoms with Crippen molar-refractivity contribution in [2.24, 2.45) is 0 Å². The number of aryl methyl sites for hydroxylation is 1. The van der Waals surface area contributed by atoms with Crippen molar-refractivity contribution in [3.8, 4) is 22.9 Å². The van der Waals surface area contributed by atoms with Gasteiger partial charge in [-0.25, -0.2) is 13.9 Å². The van der Waals surface area contributed by atoms with Crippen LogP contribution in [0.5, 0.6) is 5.75 Å². The summed E-state index contributed by atoms with van der Waals surface area (Å²) in [5, 5.41) is 24.0. The Morgan fingerprint density at radius 3 is 2.62 bits per heavy atom. The van der Waals surface area contributed by atoms with E-state index in [0.717, 1.165) is 42.0 Å². The Bertz CT molecular complexity index is 1560. The molecular formula is C29H30FN7O2. The van der Waals surface area contributed by atoms with Crippen LogP contribution in [0.2, 0.25) is 0 Å². The van der Waals surface area contributed by atoms with Crippen LogP contribution in [0.4, 0.5) is 10.2 Å². The van der Waals surface area contributed by atoms with Crippen molar-refractivity contribution in [3.63, 3.8) is 0 Å². The molecule has 7 rings (SSSR count). The molecule has 1 N–H and O–H groups in total. The Labute approximate surface area is 226 Å². The highest BCUT2D eigenvalue weighted by Gasteiger charge is 2.44. The van der Waals surface area contributed by atoms with Gasteiger partial charge in [-0.15, -0.1) is 0 Å². The third kappa shape index (κ3) is 4.91. The largest absolute Gasteiger partial charge is 0.489 e. The van der Waals surface area contributed by atoms with Gasteiger partial charge in [-0.3, -0.25) is 9.88 Å². The van der Waals surface area contributed by atoms with Gasteiger partial charge in [0.25, 0.3) is 0 Å². The van der Waals surface area contributed by atoms with Crippen molar-refractivity contribution in [1.82, 2.24) is 24.5 Å².